The molecular formula is C24H24O5S2. The van der Waals surface area contributed by atoms with E-state index in [9.17, 15) is 18.3 Å². The van der Waals surface area contributed by atoms with Crippen molar-refractivity contribution in [1.29, 1.82) is 0 Å². The zero-order valence-corrected chi connectivity index (χ0v) is 18.8. The average molecular weight is 457 g/mol. The van der Waals surface area contributed by atoms with Crippen molar-refractivity contribution >= 4 is 27.1 Å². The Morgan fingerprint density at radius 1 is 0.968 bits per heavy atom. The predicted molar refractivity (Wildman–Crippen MR) is 123 cm³/mol. The molecule has 1 atom stereocenters. The van der Waals surface area contributed by atoms with E-state index in [2.05, 4.69) is 0 Å². The third-order valence-corrected chi connectivity index (χ3v) is 9.98. The molecule has 31 heavy (non-hydrogen) atoms. The number of methoxy groups -OCH3 is 1. The fourth-order valence-corrected chi connectivity index (χ4v) is 7.99. The van der Waals surface area contributed by atoms with Crippen LogP contribution in [0.3, 0.4) is 0 Å². The SMILES string of the molecule is COc1ccc(-c2ccc(-c3ccc([C@@]4(CC(=O)O)CCCCS4(=O)=O)s3)cc2)cc1. The van der Waals surface area contributed by atoms with Crippen LogP contribution >= 0.6 is 11.3 Å². The monoisotopic (exact) mass is 456 g/mol. The number of hydrogen-bond acceptors (Lipinski definition) is 5. The molecule has 5 nitrogen and oxygen atoms in total. The van der Waals surface area contributed by atoms with E-state index >= 15 is 0 Å². The highest BCUT2D eigenvalue weighted by Crippen LogP contribution is 2.47. The Balaban J connectivity index is 1.65. The molecule has 0 radical (unpaired) electrons. The third-order valence-electron chi connectivity index (χ3n) is 5.92. The number of carboxylic acids is 1. The van der Waals surface area contributed by atoms with Crippen LogP contribution in [0.4, 0.5) is 0 Å². The van der Waals surface area contributed by atoms with Crippen LogP contribution in [0.25, 0.3) is 21.6 Å². The quantitative estimate of drug-likeness (QED) is 0.540. The molecule has 0 aliphatic carbocycles. The standard InChI is InChI=1S/C24H24O5S2/c1-29-20-10-8-18(9-11-20)17-4-6-19(7-5-17)21-12-13-22(30-21)24(16-23(25)26)14-2-3-15-31(24,27)28/h4-13H,2-3,14-16H2,1H3,(H,25,26)/t24-/m0/s1. The number of hydrogen-bond donors (Lipinski definition) is 1. The van der Waals surface area contributed by atoms with Gasteiger partial charge in [0.2, 0.25) is 0 Å². The molecule has 3 aromatic rings. The molecule has 7 heteroatoms. The van der Waals surface area contributed by atoms with Crippen LogP contribution in [-0.4, -0.2) is 32.4 Å². The first-order valence-corrected chi connectivity index (χ1v) is 12.6. The van der Waals surface area contributed by atoms with Crippen molar-refractivity contribution in [3.63, 3.8) is 0 Å². The van der Waals surface area contributed by atoms with Gasteiger partial charge in [0, 0.05) is 9.75 Å². The van der Waals surface area contributed by atoms with Crippen molar-refractivity contribution < 1.29 is 23.1 Å². The van der Waals surface area contributed by atoms with Crippen molar-refractivity contribution in [2.24, 2.45) is 0 Å². The highest BCUT2D eigenvalue weighted by atomic mass is 32.2. The van der Waals surface area contributed by atoms with E-state index in [1.807, 2.05) is 54.6 Å². The second-order valence-corrected chi connectivity index (χ2v) is 11.3. The normalized spacial score (nSPS) is 20.3. The molecule has 2 heterocycles. The number of carboxylic acid groups (broad SMARTS) is 1. The third kappa shape index (κ3) is 4.12. The van der Waals surface area contributed by atoms with Crippen LogP contribution in [0.1, 0.15) is 30.6 Å². The molecule has 1 N–H and O–H groups in total. The maximum absolute atomic E-state index is 13.0. The molecule has 0 spiro atoms. The molecular weight excluding hydrogens is 432 g/mol. The molecule has 0 unspecified atom stereocenters. The molecule has 0 saturated carbocycles. The predicted octanol–water partition coefficient (Wildman–Crippen LogP) is 5.36. The summed E-state index contributed by atoms with van der Waals surface area (Å²) in [4.78, 5) is 13.1. The van der Waals surface area contributed by atoms with Gasteiger partial charge in [0.1, 0.15) is 10.5 Å². The molecule has 4 rings (SSSR count). The second kappa shape index (κ2) is 8.48. The summed E-state index contributed by atoms with van der Waals surface area (Å²) in [5.41, 5.74) is 3.13. The van der Waals surface area contributed by atoms with E-state index < -0.39 is 20.6 Å². The summed E-state index contributed by atoms with van der Waals surface area (Å²) in [6, 6.07) is 19.6. The van der Waals surface area contributed by atoms with Gasteiger partial charge in [-0.15, -0.1) is 11.3 Å². The Kier molecular flexibility index (Phi) is 5.90. The van der Waals surface area contributed by atoms with Crippen LogP contribution in [0, 0.1) is 0 Å². The van der Waals surface area contributed by atoms with Gasteiger partial charge >= 0.3 is 5.97 Å². The Morgan fingerprint density at radius 2 is 1.58 bits per heavy atom. The maximum Gasteiger partial charge on any atom is 0.305 e. The van der Waals surface area contributed by atoms with Crippen LogP contribution in [0.2, 0.25) is 0 Å². The number of sulfone groups is 1. The summed E-state index contributed by atoms with van der Waals surface area (Å²) in [5, 5.41) is 9.45. The second-order valence-electron chi connectivity index (χ2n) is 7.81. The maximum atomic E-state index is 13.0. The number of carbonyl (C=O) groups is 1. The van der Waals surface area contributed by atoms with Gasteiger partial charge in [0.15, 0.2) is 9.84 Å². The molecule has 2 aromatic carbocycles. The first-order valence-electron chi connectivity index (χ1n) is 10.1. The lowest BCUT2D eigenvalue weighted by atomic mass is 9.95. The zero-order valence-electron chi connectivity index (χ0n) is 17.2. The van der Waals surface area contributed by atoms with Gasteiger partial charge in [-0.3, -0.25) is 4.79 Å². The molecule has 162 valence electrons. The highest BCUT2D eigenvalue weighted by Gasteiger charge is 2.49. The number of thiophene rings is 1. The summed E-state index contributed by atoms with van der Waals surface area (Å²) in [6.45, 7) is 0. The van der Waals surface area contributed by atoms with Gasteiger partial charge in [0.25, 0.3) is 0 Å². The molecule has 1 aliphatic heterocycles. The number of ether oxygens (including phenoxy) is 1. The molecule has 1 fully saturated rings. The molecule has 0 bridgehead atoms. The lowest BCUT2D eigenvalue weighted by molar-refractivity contribution is -0.137. The van der Waals surface area contributed by atoms with E-state index in [-0.39, 0.29) is 12.2 Å². The largest absolute Gasteiger partial charge is 0.497 e. The summed E-state index contributed by atoms with van der Waals surface area (Å²) in [5.74, 6) is -0.229. The van der Waals surface area contributed by atoms with E-state index in [1.54, 1.807) is 13.2 Å². The van der Waals surface area contributed by atoms with Crippen LogP contribution < -0.4 is 4.74 Å². The Bertz CT molecular complexity index is 1180. The number of rotatable bonds is 6. The summed E-state index contributed by atoms with van der Waals surface area (Å²) >= 11 is 1.38. The van der Waals surface area contributed by atoms with Crippen molar-refractivity contribution in [2.45, 2.75) is 30.4 Å². The van der Waals surface area contributed by atoms with Gasteiger partial charge in [0.05, 0.1) is 19.3 Å². The fraction of sp³-hybridized carbons (Fsp3) is 0.292. The van der Waals surface area contributed by atoms with E-state index in [4.69, 9.17) is 4.74 Å². The average Bonchev–Trinajstić information content (AvgIpc) is 3.26. The van der Waals surface area contributed by atoms with Gasteiger partial charge in [-0.25, -0.2) is 8.42 Å². The zero-order chi connectivity index (χ0) is 22.1. The highest BCUT2D eigenvalue weighted by molar-refractivity contribution is 7.92. The first kappa shape index (κ1) is 21.6. The van der Waals surface area contributed by atoms with Crippen molar-refractivity contribution in [3.8, 4) is 27.3 Å². The van der Waals surface area contributed by atoms with Gasteiger partial charge < -0.3 is 9.84 Å². The van der Waals surface area contributed by atoms with Crippen LogP contribution in [0.15, 0.2) is 60.7 Å². The van der Waals surface area contributed by atoms with Crippen LogP contribution in [-0.2, 0) is 19.4 Å². The van der Waals surface area contributed by atoms with Gasteiger partial charge in [-0.2, -0.15) is 0 Å². The molecule has 0 amide bonds. The molecule has 1 aliphatic rings. The van der Waals surface area contributed by atoms with Gasteiger partial charge in [-0.1, -0.05) is 42.8 Å². The minimum absolute atomic E-state index is 0.0457. The van der Waals surface area contributed by atoms with E-state index in [1.165, 1.54) is 11.3 Å². The number of aliphatic carboxylic acids is 1. The Morgan fingerprint density at radius 3 is 2.16 bits per heavy atom. The minimum Gasteiger partial charge on any atom is -0.497 e. The Hall–Kier alpha value is -2.64. The molecule has 1 saturated heterocycles. The fourth-order valence-electron chi connectivity index (χ4n) is 4.21. The van der Waals surface area contributed by atoms with Crippen molar-refractivity contribution in [1.82, 2.24) is 0 Å². The van der Waals surface area contributed by atoms with Crippen molar-refractivity contribution in [2.75, 3.05) is 12.9 Å². The summed E-state index contributed by atoms with van der Waals surface area (Å²) < 4.78 is 29.8. The van der Waals surface area contributed by atoms with E-state index in [0.29, 0.717) is 17.7 Å². The topological polar surface area (TPSA) is 80.7 Å². The lowest BCUT2D eigenvalue weighted by Gasteiger charge is -2.34. The number of benzene rings is 2. The summed E-state index contributed by atoms with van der Waals surface area (Å²) in [6.07, 6.45) is 1.29. The van der Waals surface area contributed by atoms with Gasteiger partial charge in [-0.05, 0) is 53.8 Å². The van der Waals surface area contributed by atoms with E-state index in [0.717, 1.165) is 33.7 Å². The molecule has 1 aromatic heterocycles. The lowest BCUT2D eigenvalue weighted by Crippen LogP contribution is -2.41. The Labute approximate surface area is 186 Å². The first-order chi connectivity index (χ1) is 14.8. The van der Waals surface area contributed by atoms with Crippen molar-refractivity contribution in [3.05, 3.63) is 65.5 Å². The minimum atomic E-state index is -3.53. The summed E-state index contributed by atoms with van der Waals surface area (Å²) in [7, 11) is -1.89. The smallest absolute Gasteiger partial charge is 0.305 e. The van der Waals surface area contributed by atoms with Crippen LogP contribution in [0.5, 0.6) is 5.75 Å².